The van der Waals surface area contributed by atoms with Gasteiger partial charge in [0.2, 0.25) is 0 Å². The summed E-state index contributed by atoms with van der Waals surface area (Å²) < 4.78 is 5.53. The molecule has 2 amide bonds. The van der Waals surface area contributed by atoms with Gasteiger partial charge < -0.3 is 14.5 Å². The van der Waals surface area contributed by atoms with Crippen molar-refractivity contribution in [3.05, 3.63) is 95.9 Å². The Morgan fingerprint density at radius 3 is 2.15 bits per heavy atom. The molecular weight excluding hydrogens is 428 g/mol. The van der Waals surface area contributed by atoms with Gasteiger partial charge in [-0.05, 0) is 35.4 Å². The van der Waals surface area contributed by atoms with Crippen molar-refractivity contribution in [1.29, 1.82) is 0 Å². The highest BCUT2D eigenvalue weighted by Crippen LogP contribution is 2.34. The molecule has 0 N–H and O–H groups in total. The lowest BCUT2D eigenvalue weighted by Gasteiger charge is -2.38. The fourth-order valence-electron chi connectivity index (χ4n) is 4.60. The van der Waals surface area contributed by atoms with E-state index >= 15 is 0 Å². The molecule has 0 atom stereocenters. The van der Waals surface area contributed by atoms with Crippen molar-refractivity contribution in [3.63, 3.8) is 0 Å². The number of methoxy groups -OCH3 is 1. The van der Waals surface area contributed by atoms with E-state index in [0.717, 1.165) is 35.7 Å². The van der Waals surface area contributed by atoms with E-state index in [1.165, 1.54) is 4.90 Å². The van der Waals surface area contributed by atoms with Gasteiger partial charge in [0.05, 0.1) is 24.9 Å². The minimum atomic E-state index is -0.254. The van der Waals surface area contributed by atoms with Crippen LogP contribution in [-0.4, -0.2) is 59.9 Å². The molecule has 1 saturated heterocycles. The quantitative estimate of drug-likeness (QED) is 0.533. The zero-order chi connectivity index (χ0) is 23.5. The molecule has 0 spiro atoms. The van der Waals surface area contributed by atoms with Gasteiger partial charge in [-0.2, -0.15) is 0 Å². The number of hydrogen-bond donors (Lipinski definition) is 0. The fourth-order valence-corrected chi connectivity index (χ4v) is 4.60. The molecule has 0 aliphatic carbocycles. The fraction of sp³-hybridized carbons (Fsp3) is 0.222. The lowest BCUT2D eigenvalue weighted by molar-refractivity contribution is -0.138. The number of carbonyl (C=O) groups excluding carboxylic acids is 2. The first kappa shape index (κ1) is 21.7. The number of anilines is 1. The maximum absolute atomic E-state index is 13.6. The summed E-state index contributed by atoms with van der Waals surface area (Å²) in [6, 6.07) is 21.1. The molecule has 3 heterocycles. The third kappa shape index (κ3) is 4.01. The molecule has 7 nitrogen and oxygen atoms in total. The normalized spacial score (nSPS) is 16.4. The van der Waals surface area contributed by atoms with Crippen molar-refractivity contribution in [2.24, 2.45) is 0 Å². The van der Waals surface area contributed by atoms with Crippen molar-refractivity contribution >= 4 is 23.1 Å². The second-order valence-corrected chi connectivity index (χ2v) is 8.29. The van der Waals surface area contributed by atoms with E-state index in [4.69, 9.17) is 4.74 Å². The molecule has 2 aliphatic heterocycles. The number of ether oxygens (including phenoxy) is 1. The Morgan fingerprint density at radius 1 is 0.794 bits per heavy atom. The highest BCUT2D eigenvalue weighted by Gasteiger charge is 2.42. The van der Waals surface area contributed by atoms with Crippen LogP contribution in [0.5, 0.6) is 5.75 Å². The Hall–Kier alpha value is -4.13. The monoisotopic (exact) mass is 454 g/mol. The van der Waals surface area contributed by atoms with E-state index in [0.29, 0.717) is 24.4 Å². The van der Waals surface area contributed by atoms with Crippen molar-refractivity contribution in [2.75, 3.05) is 38.2 Å². The van der Waals surface area contributed by atoms with Crippen LogP contribution in [0.4, 0.5) is 5.69 Å². The van der Waals surface area contributed by atoms with E-state index in [1.54, 1.807) is 19.5 Å². The molecule has 2 aromatic carbocycles. The number of aromatic nitrogens is 1. The van der Waals surface area contributed by atoms with E-state index in [1.807, 2.05) is 66.7 Å². The van der Waals surface area contributed by atoms with Crippen molar-refractivity contribution in [3.8, 4) is 5.75 Å². The molecule has 34 heavy (non-hydrogen) atoms. The molecule has 0 radical (unpaired) electrons. The Morgan fingerprint density at radius 2 is 1.44 bits per heavy atom. The smallest absolute Gasteiger partial charge is 0.278 e. The molecular formula is C27H26N4O3. The topological polar surface area (TPSA) is 66.0 Å². The maximum atomic E-state index is 13.6. The summed E-state index contributed by atoms with van der Waals surface area (Å²) >= 11 is 0. The third-order valence-corrected chi connectivity index (χ3v) is 6.32. The lowest BCUT2D eigenvalue weighted by Crippen LogP contribution is -2.47. The van der Waals surface area contributed by atoms with Crippen molar-refractivity contribution in [1.82, 2.24) is 14.8 Å². The number of rotatable bonds is 6. The SMILES string of the molecule is COc1ccccc1N1CCN(C2=C(c3ccccc3)C(=O)N(Cc3ccncc3)C2=O)CC1. The molecule has 5 rings (SSSR count). The summed E-state index contributed by atoms with van der Waals surface area (Å²) in [5, 5.41) is 0. The first-order valence-corrected chi connectivity index (χ1v) is 11.3. The van der Waals surface area contributed by atoms with Crippen molar-refractivity contribution in [2.45, 2.75) is 6.54 Å². The van der Waals surface area contributed by atoms with Gasteiger partial charge in [0.15, 0.2) is 0 Å². The number of pyridine rings is 1. The lowest BCUT2D eigenvalue weighted by atomic mass is 10.0. The Balaban J connectivity index is 1.43. The van der Waals surface area contributed by atoms with E-state index < -0.39 is 0 Å². The summed E-state index contributed by atoms with van der Waals surface area (Å²) in [6.45, 7) is 2.93. The molecule has 3 aromatic rings. The molecule has 7 heteroatoms. The molecule has 0 saturated carbocycles. The predicted octanol–water partition coefficient (Wildman–Crippen LogP) is 3.19. The number of piperazine rings is 1. The van der Waals surface area contributed by atoms with E-state index in [9.17, 15) is 9.59 Å². The number of amides is 2. The Kier molecular flexibility index (Phi) is 5.99. The second-order valence-electron chi connectivity index (χ2n) is 8.29. The number of nitrogens with zero attached hydrogens (tertiary/aromatic N) is 4. The maximum Gasteiger partial charge on any atom is 0.278 e. The van der Waals surface area contributed by atoms with Gasteiger partial charge in [0.1, 0.15) is 11.4 Å². The van der Waals surface area contributed by atoms with Gasteiger partial charge in [-0.3, -0.25) is 19.5 Å². The number of hydrogen-bond acceptors (Lipinski definition) is 6. The van der Waals surface area contributed by atoms with Gasteiger partial charge >= 0.3 is 0 Å². The zero-order valence-corrected chi connectivity index (χ0v) is 19.1. The number of imide groups is 1. The first-order valence-electron chi connectivity index (χ1n) is 11.3. The Bertz CT molecular complexity index is 1220. The van der Waals surface area contributed by atoms with Crippen LogP contribution in [0, 0.1) is 0 Å². The molecule has 172 valence electrons. The van der Waals surface area contributed by atoms with Crippen LogP contribution in [-0.2, 0) is 16.1 Å². The number of benzene rings is 2. The van der Waals surface area contributed by atoms with Crippen LogP contribution in [0.1, 0.15) is 11.1 Å². The Labute approximate surface area is 198 Å². The standard InChI is InChI=1S/C27H26N4O3/c1-34-23-10-6-5-9-22(23)29-15-17-30(18-16-29)25-24(21-7-3-2-4-8-21)26(32)31(27(25)33)19-20-11-13-28-14-12-20/h2-14H,15-19H2,1H3. The molecule has 1 aromatic heterocycles. The van der Waals surface area contributed by atoms with Crippen molar-refractivity contribution < 1.29 is 14.3 Å². The van der Waals surface area contributed by atoms with Crippen LogP contribution in [0.2, 0.25) is 0 Å². The highest BCUT2D eigenvalue weighted by atomic mass is 16.5. The number of para-hydroxylation sites is 2. The van der Waals surface area contributed by atoms with E-state index in [2.05, 4.69) is 14.8 Å². The van der Waals surface area contributed by atoms with Gasteiger partial charge in [-0.25, -0.2) is 0 Å². The van der Waals surface area contributed by atoms with Crippen LogP contribution in [0.15, 0.2) is 84.8 Å². The average Bonchev–Trinajstić information content (AvgIpc) is 3.14. The predicted molar refractivity (Wildman–Crippen MR) is 130 cm³/mol. The summed E-state index contributed by atoms with van der Waals surface area (Å²) in [5.74, 6) is 0.331. The largest absolute Gasteiger partial charge is 0.495 e. The summed E-state index contributed by atoms with van der Waals surface area (Å²) in [6.07, 6.45) is 3.34. The number of carbonyl (C=O) groups is 2. The average molecular weight is 455 g/mol. The summed E-state index contributed by atoms with van der Waals surface area (Å²) in [7, 11) is 1.67. The van der Waals surface area contributed by atoms with Gasteiger partial charge in [0.25, 0.3) is 11.8 Å². The first-order chi connectivity index (χ1) is 16.7. The highest BCUT2D eigenvalue weighted by molar-refractivity contribution is 6.35. The van der Waals surface area contributed by atoms with Crippen LogP contribution in [0.3, 0.4) is 0 Å². The van der Waals surface area contributed by atoms with E-state index in [-0.39, 0.29) is 18.4 Å². The molecule has 2 aliphatic rings. The van der Waals surface area contributed by atoms with Crippen LogP contribution >= 0.6 is 0 Å². The third-order valence-electron chi connectivity index (χ3n) is 6.32. The van der Waals surface area contributed by atoms with Crippen LogP contribution < -0.4 is 9.64 Å². The van der Waals surface area contributed by atoms with Gasteiger partial charge in [-0.1, -0.05) is 42.5 Å². The summed E-state index contributed by atoms with van der Waals surface area (Å²) in [5.41, 5.74) is 3.64. The summed E-state index contributed by atoms with van der Waals surface area (Å²) in [4.78, 5) is 36.8. The van der Waals surface area contributed by atoms with Gasteiger partial charge in [0, 0.05) is 38.6 Å². The van der Waals surface area contributed by atoms with Gasteiger partial charge in [-0.15, -0.1) is 0 Å². The second kappa shape index (κ2) is 9.39. The molecule has 1 fully saturated rings. The molecule has 0 bridgehead atoms. The minimum absolute atomic E-state index is 0.223. The minimum Gasteiger partial charge on any atom is -0.495 e. The van der Waals surface area contributed by atoms with Crippen LogP contribution in [0.25, 0.3) is 5.57 Å². The zero-order valence-electron chi connectivity index (χ0n) is 19.1. The molecule has 0 unspecified atom stereocenters.